The average molecular weight is 292 g/mol. The number of nitrogens with one attached hydrogen (secondary N) is 1. The first-order valence-electron chi connectivity index (χ1n) is 6.14. The van der Waals surface area contributed by atoms with Crippen LogP contribution in [0.25, 0.3) is 0 Å². The molecular formula is C14H16N2O5. The van der Waals surface area contributed by atoms with Gasteiger partial charge in [0.05, 0.1) is 24.6 Å². The standard InChI is InChI=1S/C14H16N2O5/c1-10(17)9-13(18)21-8-7-15-16-12-6-4-3-5-11(12)14(19)20-2/h3-7,16H,8-9H2,1-2H3/b15-7-. The summed E-state index contributed by atoms with van der Waals surface area (Å²) < 4.78 is 9.39. The molecule has 1 rings (SSSR count). The van der Waals surface area contributed by atoms with Crippen LogP contribution in [0.5, 0.6) is 0 Å². The Morgan fingerprint density at radius 1 is 1.29 bits per heavy atom. The van der Waals surface area contributed by atoms with Crippen molar-refractivity contribution in [2.75, 3.05) is 19.1 Å². The number of benzene rings is 1. The number of ketones is 1. The Morgan fingerprint density at radius 2 is 2.00 bits per heavy atom. The number of rotatable bonds is 7. The first-order chi connectivity index (χ1) is 10.0. The van der Waals surface area contributed by atoms with Crippen molar-refractivity contribution in [3.05, 3.63) is 29.8 Å². The van der Waals surface area contributed by atoms with Crippen LogP contribution < -0.4 is 5.43 Å². The first kappa shape index (κ1) is 16.4. The van der Waals surface area contributed by atoms with E-state index in [1.807, 2.05) is 0 Å². The molecule has 21 heavy (non-hydrogen) atoms. The van der Waals surface area contributed by atoms with Crippen LogP contribution in [0.1, 0.15) is 23.7 Å². The van der Waals surface area contributed by atoms with E-state index in [1.54, 1.807) is 24.3 Å². The lowest BCUT2D eigenvalue weighted by molar-refractivity contribution is -0.144. The number of para-hydroxylation sites is 1. The molecule has 0 amide bonds. The van der Waals surface area contributed by atoms with Crippen LogP contribution in [0.3, 0.4) is 0 Å². The van der Waals surface area contributed by atoms with Crippen LogP contribution in [0, 0.1) is 0 Å². The number of hydrazone groups is 1. The molecule has 112 valence electrons. The molecule has 0 aliphatic carbocycles. The van der Waals surface area contributed by atoms with E-state index >= 15 is 0 Å². The van der Waals surface area contributed by atoms with Gasteiger partial charge in [-0.15, -0.1) is 0 Å². The van der Waals surface area contributed by atoms with Crippen molar-refractivity contribution < 1.29 is 23.9 Å². The molecule has 0 bridgehead atoms. The van der Waals surface area contributed by atoms with Gasteiger partial charge in [0.2, 0.25) is 0 Å². The van der Waals surface area contributed by atoms with E-state index in [2.05, 4.69) is 15.3 Å². The minimum atomic E-state index is -0.607. The molecule has 0 saturated heterocycles. The van der Waals surface area contributed by atoms with Gasteiger partial charge in [-0.2, -0.15) is 5.10 Å². The van der Waals surface area contributed by atoms with Gasteiger partial charge < -0.3 is 9.47 Å². The maximum absolute atomic E-state index is 11.5. The number of hydrogen-bond donors (Lipinski definition) is 1. The highest BCUT2D eigenvalue weighted by Gasteiger charge is 2.10. The summed E-state index contributed by atoms with van der Waals surface area (Å²) in [5.41, 5.74) is 3.46. The van der Waals surface area contributed by atoms with E-state index in [1.165, 1.54) is 20.2 Å². The van der Waals surface area contributed by atoms with Gasteiger partial charge in [0.1, 0.15) is 18.8 Å². The van der Waals surface area contributed by atoms with Crippen LogP contribution in [0.4, 0.5) is 5.69 Å². The normalized spacial score (nSPS) is 10.2. The second kappa shape index (κ2) is 8.47. The van der Waals surface area contributed by atoms with Gasteiger partial charge in [0, 0.05) is 0 Å². The van der Waals surface area contributed by atoms with Crippen molar-refractivity contribution in [1.29, 1.82) is 0 Å². The molecule has 0 heterocycles. The third kappa shape index (κ3) is 5.85. The van der Waals surface area contributed by atoms with Crippen molar-refractivity contribution in [2.45, 2.75) is 13.3 Å². The van der Waals surface area contributed by atoms with Crippen molar-refractivity contribution in [2.24, 2.45) is 5.10 Å². The molecular weight excluding hydrogens is 276 g/mol. The Labute approximate surface area is 121 Å². The lowest BCUT2D eigenvalue weighted by Crippen LogP contribution is -2.11. The molecule has 0 fully saturated rings. The summed E-state index contributed by atoms with van der Waals surface area (Å²) in [6.45, 7) is 1.24. The molecule has 0 atom stereocenters. The zero-order valence-corrected chi connectivity index (χ0v) is 11.8. The van der Waals surface area contributed by atoms with E-state index in [9.17, 15) is 14.4 Å². The van der Waals surface area contributed by atoms with Crippen LogP contribution in [0.15, 0.2) is 29.4 Å². The number of esters is 2. The van der Waals surface area contributed by atoms with Crippen molar-refractivity contribution in [3.63, 3.8) is 0 Å². The number of Topliss-reactive ketones (excluding diaryl/α,β-unsaturated/α-hetero) is 1. The maximum Gasteiger partial charge on any atom is 0.340 e. The van der Waals surface area contributed by atoms with E-state index < -0.39 is 11.9 Å². The van der Waals surface area contributed by atoms with E-state index in [0.717, 1.165) is 0 Å². The predicted octanol–water partition coefficient (Wildman–Crippen LogP) is 1.39. The Balaban J connectivity index is 2.48. The summed E-state index contributed by atoms with van der Waals surface area (Å²) in [5.74, 6) is -1.35. The van der Waals surface area contributed by atoms with Crippen molar-refractivity contribution in [1.82, 2.24) is 0 Å². The molecule has 0 saturated carbocycles. The molecule has 1 aromatic carbocycles. The van der Waals surface area contributed by atoms with Crippen LogP contribution in [-0.4, -0.2) is 37.7 Å². The summed E-state index contributed by atoms with van der Waals surface area (Å²) in [6, 6.07) is 6.68. The van der Waals surface area contributed by atoms with Crippen LogP contribution >= 0.6 is 0 Å². The molecule has 7 nitrogen and oxygen atoms in total. The fourth-order valence-corrected chi connectivity index (χ4v) is 1.41. The van der Waals surface area contributed by atoms with Gasteiger partial charge in [0.25, 0.3) is 0 Å². The molecule has 0 spiro atoms. The average Bonchev–Trinajstić information content (AvgIpc) is 2.45. The van der Waals surface area contributed by atoms with Gasteiger partial charge in [0.15, 0.2) is 0 Å². The first-order valence-corrected chi connectivity index (χ1v) is 6.14. The molecule has 0 aliphatic heterocycles. The van der Waals surface area contributed by atoms with E-state index in [0.29, 0.717) is 11.3 Å². The smallest absolute Gasteiger partial charge is 0.340 e. The van der Waals surface area contributed by atoms with Gasteiger partial charge >= 0.3 is 11.9 Å². The van der Waals surface area contributed by atoms with E-state index in [-0.39, 0.29) is 18.8 Å². The fraction of sp³-hybridized carbons (Fsp3) is 0.286. The highest BCUT2D eigenvalue weighted by molar-refractivity contribution is 5.95. The molecule has 1 aromatic rings. The third-order valence-corrected chi connectivity index (χ3v) is 2.32. The highest BCUT2D eigenvalue weighted by Crippen LogP contribution is 2.15. The number of carbonyl (C=O) groups excluding carboxylic acids is 3. The Bertz CT molecular complexity index is 554. The summed E-state index contributed by atoms with van der Waals surface area (Å²) in [7, 11) is 1.29. The summed E-state index contributed by atoms with van der Waals surface area (Å²) in [4.78, 5) is 33.2. The summed E-state index contributed by atoms with van der Waals surface area (Å²) in [6.07, 6.45) is 1.05. The number of carbonyl (C=O) groups is 3. The summed E-state index contributed by atoms with van der Waals surface area (Å²) >= 11 is 0. The minimum absolute atomic E-state index is 0.0699. The summed E-state index contributed by atoms with van der Waals surface area (Å²) in [5, 5.41) is 3.83. The molecule has 0 unspecified atom stereocenters. The number of nitrogens with zero attached hydrogens (tertiary/aromatic N) is 1. The molecule has 1 N–H and O–H groups in total. The molecule has 7 heteroatoms. The number of anilines is 1. The largest absolute Gasteiger partial charge is 0.465 e. The van der Waals surface area contributed by atoms with Gasteiger partial charge in [-0.1, -0.05) is 12.1 Å². The number of methoxy groups -OCH3 is 1. The molecule has 0 aromatic heterocycles. The zero-order chi connectivity index (χ0) is 15.7. The number of ether oxygens (including phenoxy) is 2. The Kier molecular flexibility index (Phi) is 6.59. The van der Waals surface area contributed by atoms with Gasteiger partial charge in [-0.05, 0) is 19.1 Å². The van der Waals surface area contributed by atoms with Crippen LogP contribution in [0.2, 0.25) is 0 Å². The predicted molar refractivity (Wildman–Crippen MR) is 76.2 cm³/mol. The topological polar surface area (TPSA) is 94.1 Å². The Hall–Kier alpha value is -2.70. The van der Waals surface area contributed by atoms with Crippen molar-refractivity contribution >= 4 is 29.6 Å². The maximum atomic E-state index is 11.5. The van der Waals surface area contributed by atoms with Gasteiger partial charge in [-0.3, -0.25) is 15.0 Å². The lowest BCUT2D eigenvalue weighted by atomic mass is 10.2. The second-order valence-corrected chi connectivity index (χ2v) is 4.02. The lowest BCUT2D eigenvalue weighted by Gasteiger charge is -2.06. The highest BCUT2D eigenvalue weighted by atomic mass is 16.5. The zero-order valence-electron chi connectivity index (χ0n) is 11.8. The fourth-order valence-electron chi connectivity index (χ4n) is 1.41. The minimum Gasteiger partial charge on any atom is -0.465 e. The van der Waals surface area contributed by atoms with E-state index in [4.69, 9.17) is 4.74 Å². The SMILES string of the molecule is COC(=O)c1ccccc1N/N=C\COC(=O)CC(C)=O. The quantitative estimate of drug-likeness (QED) is 0.353. The molecule has 0 aliphatic rings. The second-order valence-electron chi connectivity index (χ2n) is 4.02. The third-order valence-electron chi connectivity index (χ3n) is 2.32. The van der Waals surface area contributed by atoms with Crippen molar-refractivity contribution in [3.8, 4) is 0 Å². The monoisotopic (exact) mass is 292 g/mol. The molecule has 0 radical (unpaired) electrons. The number of hydrogen-bond acceptors (Lipinski definition) is 7. The van der Waals surface area contributed by atoms with Gasteiger partial charge in [-0.25, -0.2) is 4.79 Å². The van der Waals surface area contributed by atoms with Crippen LogP contribution in [-0.2, 0) is 19.1 Å². The Morgan fingerprint density at radius 3 is 2.67 bits per heavy atom.